The molecule has 2 heterocycles. The molecule has 0 unspecified atom stereocenters. The minimum absolute atomic E-state index is 0.0249. The number of aromatic nitrogens is 2. The highest BCUT2D eigenvalue weighted by molar-refractivity contribution is 6.30. The normalized spacial score (nSPS) is 19.7. The molecule has 13 heavy (non-hydrogen) atoms. The number of nitrogens with one attached hydrogen (secondary N) is 1. The molecule has 0 saturated heterocycles. The van der Waals surface area contributed by atoms with Gasteiger partial charge in [-0.15, -0.1) is 0 Å². The topological polar surface area (TPSA) is 84.1 Å². The van der Waals surface area contributed by atoms with E-state index in [4.69, 9.17) is 22.4 Å². The molecule has 0 bridgehead atoms. The van der Waals surface area contributed by atoms with Gasteiger partial charge in [-0.2, -0.15) is 4.98 Å². The van der Waals surface area contributed by atoms with Crippen molar-refractivity contribution in [2.75, 3.05) is 24.2 Å². The van der Waals surface area contributed by atoms with Crippen LogP contribution in [-0.2, 0) is 0 Å². The third-order valence-electron chi connectivity index (χ3n) is 2.06. The Morgan fingerprint density at radius 3 is 3.08 bits per heavy atom. The molecule has 2 rings (SSSR count). The molecule has 1 aliphatic heterocycles. The predicted molar refractivity (Wildman–Crippen MR) is 49.8 cm³/mol. The maximum atomic E-state index is 9.02. The number of aliphatic hydroxyl groups excluding tert-OH is 1. The number of rotatable bonds is 1. The van der Waals surface area contributed by atoms with E-state index >= 15 is 0 Å². The van der Waals surface area contributed by atoms with Gasteiger partial charge in [0.25, 0.3) is 0 Å². The van der Waals surface area contributed by atoms with E-state index in [1.165, 1.54) is 0 Å². The Kier molecular flexibility index (Phi) is 1.97. The van der Waals surface area contributed by atoms with Gasteiger partial charge in [0, 0.05) is 18.0 Å². The smallest absolute Gasteiger partial charge is 0.223 e. The van der Waals surface area contributed by atoms with Crippen LogP contribution in [0.4, 0.5) is 11.8 Å². The van der Waals surface area contributed by atoms with Crippen LogP contribution in [0.25, 0.3) is 0 Å². The van der Waals surface area contributed by atoms with Crippen LogP contribution in [0, 0.1) is 0 Å². The highest BCUT2D eigenvalue weighted by Gasteiger charge is 2.26. The minimum atomic E-state index is -0.0249. The van der Waals surface area contributed by atoms with Gasteiger partial charge < -0.3 is 16.2 Å². The van der Waals surface area contributed by atoms with Crippen LogP contribution in [-0.4, -0.2) is 28.2 Å². The first kappa shape index (κ1) is 8.52. The summed E-state index contributed by atoms with van der Waals surface area (Å²) in [5, 5.41) is 12.4. The number of fused-ring (bicyclic) bond motifs is 1. The molecule has 1 aromatic heterocycles. The number of nitrogen functional groups attached to an aromatic ring is 1. The lowest BCUT2D eigenvalue weighted by Gasteiger charge is -2.06. The van der Waals surface area contributed by atoms with Gasteiger partial charge in [-0.05, 0) is 0 Å². The number of hydrogen-bond acceptors (Lipinski definition) is 5. The van der Waals surface area contributed by atoms with Gasteiger partial charge in [0.15, 0.2) is 0 Å². The molecule has 0 aliphatic carbocycles. The molecule has 0 spiro atoms. The standard InChI is InChI=1S/C7H9ClN4O/c8-5-4-3(2-13)1-10-6(4)12-7(9)11-5/h3,13H,1-2H2,(H3,9,10,11,12)/t3-/m0/s1. The third-order valence-corrected chi connectivity index (χ3v) is 2.35. The van der Waals surface area contributed by atoms with Crippen LogP contribution < -0.4 is 11.1 Å². The van der Waals surface area contributed by atoms with Crippen molar-refractivity contribution in [1.29, 1.82) is 0 Å². The van der Waals surface area contributed by atoms with Crippen LogP contribution in [0.3, 0.4) is 0 Å². The quantitative estimate of drug-likeness (QED) is 0.565. The summed E-state index contributed by atoms with van der Waals surface area (Å²) >= 11 is 5.87. The molecule has 0 saturated carbocycles. The van der Waals surface area contributed by atoms with Crippen molar-refractivity contribution >= 4 is 23.4 Å². The lowest BCUT2D eigenvalue weighted by Crippen LogP contribution is -2.06. The SMILES string of the molecule is Nc1nc(Cl)c2c(n1)NC[C@H]2CO. The van der Waals surface area contributed by atoms with E-state index in [-0.39, 0.29) is 18.5 Å². The summed E-state index contributed by atoms with van der Waals surface area (Å²) in [4.78, 5) is 7.80. The summed E-state index contributed by atoms with van der Waals surface area (Å²) in [5.41, 5.74) is 6.17. The highest BCUT2D eigenvalue weighted by atomic mass is 35.5. The second kappa shape index (κ2) is 3.01. The molecule has 1 atom stereocenters. The van der Waals surface area contributed by atoms with Crippen molar-refractivity contribution in [3.8, 4) is 0 Å². The molecular weight excluding hydrogens is 192 g/mol. The Hall–Kier alpha value is -1.07. The van der Waals surface area contributed by atoms with Gasteiger partial charge in [-0.1, -0.05) is 11.6 Å². The van der Waals surface area contributed by atoms with Gasteiger partial charge in [-0.25, -0.2) is 4.98 Å². The minimum Gasteiger partial charge on any atom is -0.396 e. The number of halogens is 1. The lowest BCUT2D eigenvalue weighted by atomic mass is 10.1. The number of nitrogens with zero attached hydrogens (tertiary/aromatic N) is 2. The van der Waals surface area contributed by atoms with Gasteiger partial charge in [-0.3, -0.25) is 0 Å². The number of anilines is 2. The zero-order valence-electron chi connectivity index (χ0n) is 6.79. The van der Waals surface area contributed by atoms with Gasteiger partial charge in [0.1, 0.15) is 11.0 Å². The molecule has 5 nitrogen and oxygen atoms in total. The molecule has 1 aromatic rings. The maximum Gasteiger partial charge on any atom is 0.223 e. The highest BCUT2D eigenvalue weighted by Crippen LogP contribution is 2.34. The Morgan fingerprint density at radius 2 is 2.38 bits per heavy atom. The fourth-order valence-electron chi connectivity index (χ4n) is 1.43. The summed E-state index contributed by atoms with van der Waals surface area (Å²) in [6, 6.07) is 0. The van der Waals surface area contributed by atoms with Crippen LogP contribution in [0.15, 0.2) is 0 Å². The Labute approximate surface area is 79.9 Å². The van der Waals surface area contributed by atoms with Crippen LogP contribution in [0.2, 0.25) is 5.15 Å². The van der Waals surface area contributed by atoms with Crippen LogP contribution >= 0.6 is 11.6 Å². The van der Waals surface area contributed by atoms with E-state index in [9.17, 15) is 0 Å². The van der Waals surface area contributed by atoms with Crippen molar-refractivity contribution in [3.63, 3.8) is 0 Å². The Bertz CT molecular complexity index is 344. The summed E-state index contributed by atoms with van der Waals surface area (Å²) in [5.74, 6) is 0.759. The van der Waals surface area contributed by atoms with E-state index in [2.05, 4.69) is 15.3 Å². The Balaban J connectivity index is 2.51. The van der Waals surface area contributed by atoms with E-state index in [0.29, 0.717) is 17.5 Å². The van der Waals surface area contributed by atoms with Gasteiger partial charge in [0.05, 0.1) is 6.61 Å². The van der Waals surface area contributed by atoms with E-state index in [1.54, 1.807) is 0 Å². The molecule has 0 amide bonds. The van der Waals surface area contributed by atoms with Gasteiger partial charge >= 0.3 is 0 Å². The molecule has 0 radical (unpaired) electrons. The van der Waals surface area contributed by atoms with Crippen molar-refractivity contribution in [1.82, 2.24) is 9.97 Å². The van der Waals surface area contributed by atoms with E-state index in [1.807, 2.05) is 0 Å². The summed E-state index contributed by atoms with van der Waals surface area (Å²) in [6.07, 6.45) is 0. The fourth-order valence-corrected chi connectivity index (χ4v) is 1.76. The first-order chi connectivity index (χ1) is 6.22. The first-order valence-corrected chi connectivity index (χ1v) is 4.28. The van der Waals surface area contributed by atoms with Crippen LogP contribution in [0.1, 0.15) is 11.5 Å². The average molecular weight is 201 g/mol. The molecule has 0 aromatic carbocycles. The lowest BCUT2D eigenvalue weighted by molar-refractivity contribution is 0.273. The van der Waals surface area contributed by atoms with Crippen LogP contribution in [0.5, 0.6) is 0 Å². The maximum absolute atomic E-state index is 9.02. The molecular formula is C7H9ClN4O. The number of hydrogen-bond donors (Lipinski definition) is 3. The zero-order chi connectivity index (χ0) is 9.42. The molecule has 0 fully saturated rings. The Morgan fingerprint density at radius 1 is 1.62 bits per heavy atom. The zero-order valence-corrected chi connectivity index (χ0v) is 7.54. The van der Waals surface area contributed by atoms with Crippen molar-refractivity contribution in [2.45, 2.75) is 5.92 Å². The molecule has 6 heteroatoms. The fraction of sp³-hybridized carbons (Fsp3) is 0.429. The third kappa shape index (κ3) is 1.30. The van der Waals surface area contributed by atoms with E-state index in [0.717, 1.165) is 5.56 Å². The number of nitrogens with two attached hydrogens (primary N) is 1. The van der Waals surface area contributed by atoms with Crippen molar-refractivity contribution < 1.29 is 5.11 Å². The van der Waals surface area contributed by atoms with Crippen molar-refractivity contribution in [2.24, 2.45) is 0 Å². The second-order valence-electron chi connectivity index (χ2n) is 2.90. The van der Waals surface area contributed by atoms with E-state index < -0.39 is 0 Å². The predicted octanol–water partition coefficient (Wildman–Crippen LogP) is 0.214. The first-order valence-electron chi connectivity index (χ1n) is 3.90. The molecule has 1 aliphatic rings. The summed E-state index contributed by atoms with van der Waals surface area (Å²) < 4.78 is 0. The summed E-state index contributed by atoms with van der Waals surface area (Å²) in [7, 11) is 0. The second-order valence-corrected chi connectivity index (χ2v) is 3.25. The monoisotopic (exact) mass is 200 g/mol. The molecule has 70 valence electrons. The van der Waals surface area contributed by atoms with Crippen molar-refractivity contribution in [3.05, 3.63) is 10.7 Å². The largest absolute Gasteiger partial charge is 0.396 e. The van der Waals surface area contributed by atoms with Gasteiger partial charge in [0.2, 0.25) is 5.95 Å². The average Bonchev–Trinajstić information content (AvgIpc) is 2.47. The summed E-state index contributed by atoms with van der Waals surface area (Å²) in [6.45, 7) is 0.663. The molecule has 4 N–H and O–H groups in total. The number of aliphatic hydroxyl groups is 1.